The summed E-state index contributed by atoms with van der Waals surface area (Å²) in [6, 6.07) is 3.27. The lowest BCUT2D eigenvalue weighted by Crippen LogP contribution is -2.31. The number of aliphatic hydroxyl groups excluding tert-OH is 1. The zero-order chi connectivity index (χ0) is 14.8. The molecule has 1 unspecified atom stereocenters. The first-order chi connectivity index (χ1) is 9.69. The molecule has 0 aromatic carbocycles. The second kappa shape index (κ2) is 9.22. The van der Waals surface area contributed by atoms with Crippen molar-refractivity contribution in [1.82, 2.24) is 10.2 Å². The van der Waals surface area contributed by atoms with Crippen LogP contribution in [0, 0.1) is 5.92 Å². The molecule has 1 aromatic heterocycles. The topological polar surface area (TPSA) is 113 Å². The standard InChI is InChI=1S/C13H22N4O3/c14-7-6-11(10-18)4-1-2-9-17(13(19)20)12-5-3-8-15-16-12/h3,5,8,11,18H,1-2,4,6-7,9-10,14H2,(H,19,20). The van der Waals surface area contributed by atoms with Crippen molar-refractivity contribution in [2.75, 3.05) is 24.6 Å². The van der Waals surface area contributed by atoms with E-state index in [0.717, 1.165) is 19.3 Å². The predicted molar refractivity (Wildman–Crippen MR) is 75.5 cm³/mol. The van der Waals surface area contributed by atoms with E-state index in [1.807, 2.05) is 0 Å². The number of hydrogen-bond acceptors (Lipinski definition) is 5. The van der Waals surface area contributed by atoms with Crippen molar-refractivity contribution in [3.63, 3.8) is 0 Å². The highest BCUT2D eigenvalue weighted by molar-refractivity contribution is 5.84. The van der Waals surface area contributed by atoms with E-state index in [-0.39, 0.29) is 12.5 Å². The van der Waals surface area contributed by atoms with Crippen LogP contribution < -0.4 is 10.6 Å². The molecule has 1 amide bonds. The molecule has 0 fully saturated rings. The first kappa shape index (κ1) is 16.3. The zero-order valence-electron chi connectivity index (χ0n) is 11.5. The summed E-state index contributed by atoms with van der Waals surface area (Å²) in [6.07, 6.45) is 3.66. The lowest BCUT2D eigenvalue weighted by atomic mass is 9.99. The fourth-order valence-corrected chi connectivity index (χ4v) is 2.01. The van der Waals surface area contributed by atoms with Gasteiger partial charge in [-0.25, -0.2) is 4.79 Å². The van der Waals surface area contributed by atoms with Gasteiger partial charge in [0, 0.05) is 19.3 Å². The Balaban J connectivity index is 2.39. The van der Waals surface area contributed by atoms with Crippen molar-refractivity contribution in [2.24, 2.45) is 11.7 Å². The predicted octanol–water partition coefficient (Wildman–Crippen LogP) is 1.09. The van der Waals surface area contributed by atoms with E-state index in [1.165, 1.54) is 11.1 Å². The minimum Gasteiger partial charge on any atom is -0.465 e. The van der Waals surface area contributed by atoms with E-state index >= 15 is 0 Å². The van der Waals surface area contributed by atoms with E-state index < -0.39 is 6.09 Å². The van der Waals surface area contributed by atoms with Gasteiger partial charge in [-0.2, -0.15) is 5.10 Å². The smallest absolute Gasteiger partial charge is 0.413 e. The Labute approximate surface area is 118 Å². The second-order valence-corrected chi connectivity index (χ2v) is 4.64. The molecule has 1 aromatic rings. The quantitative estimate of drug-likeness (QED) is 0.584. The van der Waals surface area contributed by atoms with Crippen LogP contribution in [0.2, 0.25) is 0 Å². The fourth-order valence-electron chi connectivity index (χ4n) is 2.01. The highest BCUT2D eigenvalue weighted by Crippen LogP contribution is 2.14. The van der Waals surface area contributed by atoms with E-state index in [2.05, 4.69) is 10.2 Å². The molecule has 7 heteroatoms. The number of carboxylic acid groups (broad SMARTS) is 1. The number of rotatable bonds is 9. The molecular weight excluding hydrogens is 260 g/mol. The van der Waals surface area contributed by atoms with Crippen molar-refractivity contribution in [2.45, 2.75) is 25.7 Å². The van der Waals surface area contributed by atoms with Crippen LogP contribution in [0.1, 0.15) is 25.7 Å². The van der Waals surface area contributed by atoms with Gasteiger partial charge in [0.25, 0.3) is 0 Å². The van der Waals surface area contributed by atoms with E-state index in [0.29, 0.717) is 25.3 Å². The monoisotopic (exact) mass is 282 g/mol. The lowest BCUT2D eigenvalue weighted by Gasteiger charge is -2.18. The molecule has 1 rings (SSSR count). The van der Waals surface area contributed by atoms with Crippen LogP contribution in [0.3, 0.4) is 0 Å². The van der Waals surface area contributed by atoms with Gasteiger partial charge in [0.2, 0.25) is 0 Å². The van der Waals surface area contributed by atoms with Crippen molar-refractivity contribution in [1.29, 1.82) is 0 Å². The first-order valence-electron chi connectivity index (χ1n) is 6.78. The van der Waals surface area contributed by atoms with Gasteiger partial charge >= 0.3 is 6.09 Å². The molecule has 0 aliphatic rings. The minimum atomic E-state index is -1.04. The van der Waals surface area contributed by atoms with Crippen molar-refractivity contribution in [3.05, 3.63) is 18.3 Å². The summed E-state index contributed by atoms with van der Waals surface area (Å²) >= 11 is 0. The van der Waals surface area contributed by atoms with Crippen LogP contribution >= 0.6 is 0 Å². The SMILES string of the molecule is NCCC(CO)CCCCN(C(=O)O)c1cccnn1. The molecule has 0 spiro atoms. The zero-order valence-corrected chi connectivity index (χ0v) is 11.5. The van der Waals surface area contributed by atoms with Crippen LogP contribution in [-0.2, 0) is 0 Å². The number of nitrogens with two attached hydrogens (primary N) is 1. The number of aromatic nitrogens is 2. The van der Waals surface area contributed by atoms with Gasteiger partial charge in [0.05, 0.1) is 0 Å². The molecule has 0 bridgehead atoms. The largest absolute Gasteiger partial charge is 0.465 e. The lowest BCUT2D eigenvalue weighted by molar-refractivity contribution is 0.200. The Hall–Kier alpha value is -1.73. The van der Waals surface area contributed by atoms with E-state index in [4.69, 9.17) is 15.9 Å². The minimum absolute atomic E-state index is 0.129. The van der Waals surface area contributed by atoms with Crippen LogP contribution in [0.5, 0.6) is 0 Å². The summed E-state index contributed by atoms with van der Waals surface area (Å²) in [5.41, 5.74) is 5.46. The van der Waals surface area contributed by atoms with E-state index in [1.54, 1.807) is 12.1 Å². The Kier molecular flexibility index (Phi) is 7.52. The molecule has 7 nitrogen and oxygen atoms in total. The fraction of sp³-hybridized carbons (Fsp3) is 0.615. The van der Waals surface area contributed by atoms with Gasteiger partial charge in [-0.05, 0) is 43.9 Å². The van der Waals surface area contributed by atoms with Gasteiger partial charge in [-0.1, -0.05) is 6.42 Å². The summed E-state index contributed by atoms with van der Waals surface area (Å²) in [7, 11) is 0. The number of hydrogen-bond donors (Lipinski definition) is 3. The number of unbranched alkanes of at least 4 members (excludes halogenated alkanes) is 1. The van der Waals surface area contributed by atoms with Crippen molar-refractivity contribution < 1.29 is 15.0 Å². The number of aliphatic hydroxyl groups is 1. The van der Waals surface area contributed by atoms with Gasteiger partial charge in [-0.15, -0.1) is 5.10 Å². The Morgan fingerprint density at radius 3 is 2.75 bits per heavy atom. The number of amides is 1. The Bertz CT molecular complexity index is 388. The highest BCUT2D eigenvalue weighted by Gasteiger charge is 2.15. The first-order valence-corrected chi connectivity index (χ1v) is 6.78. The van der Waals surface area contributed by atoms with Crippen molar-refractivity contribution >= 4 is 11.9 Å². The maximum Gasteiger partial charge on any atom is 0.413 e. The van der Waals surface area contributed by atoms with Gasteiger partial charge < -0.3 is 15.9 Å². The number of carbonyl (C=O) groups is 1. The summed E-state index contributed by atoms with van der Waals surface area (Å²) in [4.78, 5) is 12.4. The summed E-state index contributed by atoms with van der Waals surface area (Å²) < 4.78 is 0. The van der Waals surface area contributed by atoms with Gasteiger partial charge in [0.1, 0.15) is 0 Å². The van der Waals surface area contributed by atoms with Crippen molar-refractivity contribution in [3.8, 4) is 0 Å². The molecule has 112 valence electrons. The number of nitrogens with zero attached hydrogens (tertiary/aromatic N) is 3. The van der Waals surface area contributed by atoms with Gasteiger partial charge in [0.15, 0.2) is 5.82 Å². The average molecular weight is 282 g/mol. The molecule has 1 heterocycles. The average Bonchev–Trinajstić information content (AvgIpc) is 2.46. The van der Waals surface area contributed by atoms with Crippen LogP contribution in [0.25, 0.3) is 0 Å². The molecule has 20 heavy (non-hydrogen) atoms. The van der Waals surface area contributed by atoms with Crippen LogP contribution in [-0.4, -0.2) is 46.2 Å². The van der Waals surface area contributed by atoms with E-state index in [9.17, 15) is 4.79 Å². The van der Waals surface area contributed by atoms with Crippen LogP contribution in [0.4, 0.5) is 10.6 Å². The molecule has 4 N–H and O–H groups in total. The summed E-state index contributed by atoms with van der Waals surface area (Å²) in [5, 5.41) is 25.8. The third-order valence-corrected chi connectivity index (χ3v) is 3.14. The highest BCUT2D eigenvalue weighted by atomic mass is 16.4. The molecule has 1 atom stereocenters. The second-order valence-electron chi connectivity index (χ2n) is 4.64. The normalized spacial score (nSPS) is 12.1. The van der Waals surface area contributed by atoms with Crippen LogP contribution in [0.15, 0.2) is 18.3 Å². The third kappa shape index (κ3) is 5.50. The Morgan fingerprint density at radius 2 is 2.20 bits per heavy atom. The molecule has 0 saturated carbocycles. The molecule has 0 aliphatic carbocycles. The molecule has 0 aliphatic heterocycles. The summed E-state index contributed by atoms with van der Waals surface area (Å²) in [5.74, 6) is 0.537. The third-order valence-electron chi connectivity index (χ3n) is 3.14. The maximum absolute atomic E-state index is 11.2. The molecular formula is C13H22N4O3. The van der Waals surface area contributed by atoms with Gasteiger partial charge in [-0.3, -0.25) is 4.90 Å². The summed E-state index contributed by atoms with van der Waals surface area (Å²) in [6.45, 7) is 1.06. The maximum atomic E-state index is 11.2. The molecule has 0 saturated heterocycles. The molecule has 0 radical (unpaired) electrons. The number of anilines is 1. The Morgan fingerprint density at radius 1 is 1.40 bits per heavy atom.